The Kier molecular flexibility index (Phi) is 8.63. The fraction of sp³-hybridized carbons (Fsp3) is 0.588. The minimum atomic E-state index is -3.40. The van der Waals surface area contributed by atoms with Gasteiger partial charge in [0.05, 0.1) is 28.5 Å². The molecule has 2 fully saturated rings. The van der Waals surface area contributed by atoms with Crippen LogP contribution >= 0.6 is 0 Å². The zero-order chi connectivity index (χ0) is 31.9. The summed E-state index contributed by atoms with van der Waals surface area (Å²) >= 11 is 0. The molecule has 4 aliphatic rings. The van der Waals surface area contributed by atoms with Crippen molar-refractivity contribution in [3.63, 3.8) is 0 Å². The summed E-state index contributed by atoms with van der Waals surface area (Å²) in [7, 11) is 0. The smallest absolute Gasteiger partial charge is 0.278 e. The van der Waals surface area contributed by atoms with Crippen molar-refractivity contribution < 1.29 is 17.6 Å². The Balaban J connectivity index is 1.43. The molecule has 1 saturated heterocycles. The summed E-state index contributed by atoms with van der Waals surface area (Å²) in [4.78, 5) is 24.6. The molecule has 1 aromatic carbocycles. The second kappa shape index (κ2) is 12.3. The molecule has 45 heavy (non-hydrogen) atoms. The number of hydrogen-bond donors (Lipinski definition) is 1. The van der Waals surface area contributed by atoms with E-state index in [0.717, 1.165) is 25.3 Å². The van der Waals surface area contributed by atoms with Gasteiger partial charge < -0.3 is 5.32 Å². The van der Waals surface area contributed by atoms with Crippen molar-refractivity contribution in [2.45, 2.75) is 108 Å². The number of nitrogens with zero attached hydrogens (tertiary/aromatic N) is 5. The molecule has 240 valence electrons. The Morgan fingerprint density at radius 1 is 1.04 bits per heavy atom. The van der Waals surface area contributed by atoms with Crippen molar-refractivity contribution in [3.05, 3.63) is 63.5 Å². The fourth-order valence-electron chi connectivity index (χ4n) is 7.33. The summed E-state index contributed by atoms with van der Waals surface area (Å²) in [5.74, 6) is -5.09. The Labute approximate surface area is 260 Å². The van der Waals surface area contributed by atoms with Crippen molar-refractivity contribution in [1.82, 2.24) is 19.4 Å². The van der Waals surface area contributed by atoms with E-state index >= 15 is 13.2 Å². The number of nitrogens with one attached hydrogen (secondary N) is 1. The highest BCUT2D eigenvalue weighted by atomic mass is 19.3. The van der Waals surface area contributed by atoms with Gasteiger partial charge in [-0.1, -0.05) is 37.5 Å². The number of aryl methyl sites for hydroxylation is 1. The van der Waals surface area contributed by atoms with Gasteiger partial charge >= 0.3 is 0 Å². The quantitative estimate of drug-likeness (QED) is 0.305. The number of fused-ring (bicyclic) bond motifs is 9. The van der Waals surface area contributed by atoms with Gasteiger partial charge in [-0.05, 0) is 71.5 Å². The first-order valence-electron chi connectivity index (χ1n) is 16.2. The largest absolute Gasteiger partial charge is 0.363 e. The van der Waals surface area contributed by atoms with Crippen molar-refractivity contribution >= 4 is 16.9 Å². The van der Waals surface area contributed by atoms with Crippen LogP contribution in [0.1, 0.15) is 94.4 Å². The maximum absolute atomic E-state index is 16.0. The highest BCUT2D eigenvalue weighted by Gasteiger charge is 2.48. The minimum Gasteiger partial charge on any atom is -0.363 e. The Morgan fingerprint density at radius 2 is 1.78 bits per heavy atom. The zero-order valence-corrected chi connectivity index (χ0v) is 25.8. The predicted molar refractivity (Wildman–Crippen MR) is 164 cm³/mol. The normalized spacial score (nSPS) is 27.2. The SMILES string of the molecule is CC(F)C1CCCCCCn2c(=O)c(C3(C#N)CC3)cc3c(ncnc32)N[C@H](C)c2cccc(c2F)C(F)(F)C2CCN1CC2. The number of aromatic nitrogens is 3. The number of hydrogen-bond acceptors (Lipinski definition) is 6. The molecule has 0 spiro atoms. The lowest BCUT2D eigenvalue weighted by atomic mass is 9.84. The molecule has 5 heterocycles. The molecule has 2 aromatic heterocycles. The van der Waals surface area contributed by atoms with Gasteiger partial charge in [0.1, 0.15) is 29.8 Å². The molecule has 1 N–H and O–H groups in total. The summed E-state index contributed by atoms with van der Waals surface area (Å²) in [6.07, 6.45) is 5.40. The number of rotatable bonds is 2. The van der Waals surface area contributed by atoms with E-state index in [0.29, 0.717) is 67.7 Å². The molecule has 3 aliphatic heterocycles. The van der Waals surface area contributed by atoms with Crippen molar-refractivity contribution in [1.29, 1.82) is 5.26 Å². The first-order chi connectivity index (χ1) is 21.6. The average molecular weight is 625 g/mol. The van der Waals surface area contributed by atoms with E-state index in [2.05, 4.69) is 21.4 Å². The van der Waals surface area contributed by atoms with Crippen LogP contribution < -0.4 is 10.9 Å². The first kappa shape index (κ1) is 31.5. The third-order valence-corrected chi connectivity index (χ3v) is 10.2. The molecule has 7 nitrogen and oxygen atoms in total. The highest BCUT2D eigenvalue weighted by molar-refractivity contribution is 5.87. The van der Waals surface area contributed by atoms with Crippen LogP contribution in [0.5, 0.6) is 0 Å². The summed E-state index contributed by atoms with van der Waals surface area (Å²) in [5, 5.41) is 13.7. The maximum Gasteiger partial charge on any atom is 0.278 e. The molecule has 1 saturated carbocycles. The molecular formula is C34H40F4N6O. The third-order valence-electron chi connectivity index (χ3n) is 10.2. The van der Waals surface area contributed by atoms with E-state index in [1.165, 1.54) is 25.4 Å². The molecule has 3 atom stereocenters. The molecule has 1 aliphatic carbocycles. The number of benzene rings is 1. The topological polar surface area (TPSA) is 86.8 Å². The Hall–Kier alpha value is -3.52. The number of piperidine rings is 1. The van der Waals surface area contributed by atoms with Crippen LogP contribution in [0.25, 0.3) is 11.0 Å². The highest BCUT2D eigenvalue weighted by Crippen LogP contribution is 2.47. The van der Waals surface area contributed by atoms with Crippen molar-refractivity contribution in [3.8, 4) is 6.07 Å². The average Bonchev–Trinajstić information content (AvgIpc) is 3.82. The number of halogens is 4. The van der Waals surface area contributed by atoms with Crippen LogP contribution in [-0.4, -0.2) is 44.7 Å². The van der Waals surface area contributed by atoms with Gasteiger partial charge in [0.15, 0.2) is 0 Å². The number of nitriles is 1. The van der Waals surface area contributed by atoms with Gasteiger partial charge in [0.2, 0.25) is 0 Å². The van der Waals surface area contributed by atoms with Gasteiger partial charge in [0.25, 0.3) is 11.5 Å². The fourth-order valence-corrected chi connectivity index (χ4v) is 7.33. The number of anilines is 1. The van der Waals surface area contributed by atoms with Gasteiger partial charge in [-0.3, -0.25) is 14.3 Å². The second-order valence-corrected chi connectivity index (χ2v) is 13.1. The standard InChI is InChI=1S/C34H40F4N6O/c1-21(35)28-10-5-3-4-6-15-44-31-25(18-27(32(44)45)33(19-39)13-14-33)30(40-20-41-31)42-22(2)24-8-7-9-26(29(24)36)34(37,38)23-11-16-43(28)17-12-23/h7-9,18,20-23,28H,3-6,10-17H2,1-2H3,(H,40,41,42)/t21?,22-,28?/m1/s1. The van der Waals surface area contributed by atoms with E-state index in [9.17, 15) is 14.4 Å². The van der Waals surface area contributed by atoms with Gasteiger partial charge in [-0.15, -0.1) is 0 Å². The second-order valence-electron chi connectivity index (χ2n) is 13.1. The van der Waals surface area contributed by atoms with Crippen LogP contribution in [0.15, 0.2) is 35.4 Å². The predicted octanol–water partition coefficient (Wildman–Crippen LogP) is 7.15. The van der Waals surface area contributed by atoms with Gasteiger partial charge in [-0.2, -0.15) is 5.26 Å². The van der Waals surface area contributed by atoms with Crippen LogP contribution in [0.4, 0.5) is 23.4 Å². The van der Waals surface area contributed by atoms with Gasteiger partial charge in [0, 0.05) is 29.6 Å². The number of pyridine rings is 1. The van der Waals surface area contributed by atoms with Crippen LogP contribution in [0.3, 0.4) is 0 Å². The summed E-state index contributed by atoms with van der Waals surface area (Å²) in [5.41, 5.74) is -0.910. The van der Waals surface area contributed by atoms with Crippen molar-refractivity contribution in [2.24, 2.45) is 5.92 Å². The molecule has 2 unspecified atom stereocenters. The lowest BCUT2D eigenvalue weighted by molar-refractivity contribution is -0.0933. The summed E-state index contributed by atoms with van der Waals surface area (Å²) < 4.78 is 64.3. The maximum atomic E-state index is 16.0. The number of alkyl halides is 3. The van der Waals surface area contributed by atoms with E-state index < -0.39 is 40.8 Å². The summed E-state index contributed by atoms with van der Waals surface area (Å²) in [6.45, 7) is 4.27. The molecule has 11 heteroatoms. The monoisotopic (exact) mass is 624 g/mol. The van der Waals surface area contributed by atoms with Crippen LogP contribution in [0, 0.1) is 23.1 Å². The molecule has 0 radical (unpaired) electrons. The first-order valence-corrected chi connectivity index (χ1v) is 16.2. The Morgan fingerprint density at radius 3 is 2.47 bits per heavy atom. The van der Waals surface area contributed by atoms with Crippen LogP contribution in [0.2, 0.25) is 0 Å². The lowest BCUT2D eigenvalue weighted by Gasteiger charge is -2.40. The molecule has 8 bridgehead atoms. The van der Waals surface area contributed by atoms with E-state index in [1.807, 2.05) is 4.90 Å². The minimum absolute atomic E-state index is 0.0674. The third kappa shape index (κ3) is 5.82. The van der Waals surface area contributed by atoms with E-state index in [1.54, 1.807) is 17.6 Å². The molecule has 7 rings (SSSR count). The van der Waals surface area contributed by atoms with Gasteiger partial charge in [-0.25, -0.2) is 27.5 Å². The van der Waals surface area contributed by atoms with E-state index in [-0.39, 0.29) is 30.0 Å². The summed E-state index contributed by atoms with van der Waals surface area (Å²) in [6, 6.07) is 6.96. The zero-order valence-electron chi connectivity index (χ0n) is 25.8. The molecule has 0 amide bonds. The van der Waals surface area contributed by atoms with Crippen LogP contribution in [-0.2, 0) is 17.9 Å². The Bertz CT molecular complexity index is 1650. The molecule has 3 aromatic rings. The van der Waals surface area contributed by atoms with Crippen molar-refractivity contribution in [2.75, 3.05) is 18.4 Å². The van der Waals surface area contributed by atoms with E-state index in [4.69, 9.17) is 0 Å². The molecular weight excluding hydrogens is 584 g/mol. The lowest BCUT2D eigenvalue weighted by Crippen LogP contribution is -2.47.